The van der Waals surface area contributed by atoms with Crippen LogP contribution in [0.3, 0.4) is 0 Å². The molecule has 1 aromatic carbocycles. The van der Waals surface area contributed by atoms with Crippen molar-refractivity contribution in [2.24, 2.45) is 0 Å². The number of rotatable bonds is 3. The average Bonchev–Trinajstić information content (AvgIpc) is 2.17. The Balaban J connectivity index is 3.06. The van der Waals surface area contributed by atoms with Gasteiger partial charge in [-0.15, -0.1) is 0 Å². The number of benzene rings is 1. The molecule has 4 heteroatoms. The first-order valence-corrected chi connectivity index (χ1v) is 4.78. The maximum atomic E-state index is 12.8. The standard InChI is InChI=1S/C11H17FN2O/c1-11(2,7-15)14(3)10-5-4-8(12)6-9(10)13/h4-6,15H,7,13H2,1-3H3. The molecule has 0 saturated heterocycles. The van der Waals surface area contributed by atoms with Gasteiger partial charge in [0.15, 0.2) is 0 Å². The van der Waals surface area contributed by atoms with Crippen molar-refractivity contribution >= 4 is 11.4 Å². The Morgan fingerprint density at radius 2 is 2.07 bits per heavy atom. The van der Waals surface area contributed by atoms with Crippen molar-refractivity contribution in [2.75, 3.05) is 24.3 Å². The highest BCUT2D eigenvalue weighted by molar-refractivity contribution is 5.68. The van der Waals surface area contributed by atoms with Gasteiger partial charge in [0.25, 0.3) is 0 Å². The molecule has 0 spiro atoms. The molecule has 3 nitrogen and oxygen atoms in total. The zero-order valence-electron chi connectivity index (χ0n) is 9.29. The summed E-state index contributed by atoms with van der Waals surface area (Å²) in [5.74, 6) is -0.355. The van der Waals surface area contributed by atoms with E-state index in [0.29, 0.717) is 5.69 Å². The molecule has 0 saturated carbocycles. The van der Waals surface area contributed by atoms with Gasteiger partial charge < -0.3 is 15.7 Å². The van der Waals surface area contributed by atoms with Crippen LogP contribution in [-0.2, 0) is 0 Å². The summed E-state index contributed by atoms with van der Waals surface area (Å²) in [7, 11) is 1.82. The van der Waals surface area contributed by atoms with E-state index in [9.17, 15) is 9.50 Å². The Kier molecular flexibility index (Phi) is 3.19. The molecule has 0 aromatic heterocycles. The lowest BCUT2D eigenvalue weighted by Gasteiger charge is -2.36. The minimum Gasteiger partial charge on any atom is -0.397 e. The maximum absolute atomic E-state index is 12.8. The Hall–Kier alpha value is -1.29. The van der Waals surface area contributed by atoms with Crippen molar-refractivity contribution < 1.29 is 9.50 Å². The van der Waals surface area contributed by atoms with Gasteiger partial charge in [0.2, 0.25) is 0 Å². The smallest absolute Gasteiger partial charge is 0.125 e. The molecular weight excluding hydrogens is 195 g/mol. The van der Waals surface area contributed by atoms with E-state index in [0.717, 1.165) is 5.69 Å². The Morgan fingerprint density at radius 3 is 2.53 bits per heavy atom. The highest BCUT2D eigenvalue weighted by atomic mass is 19.1. The van der Waals surface area contributed by atoms with Crippen molar-refractivity contribution in [2.45, 2.75) is 19.4 Å². The third-order valence-electron chi connectivity index (χ3n) is 2.65. The van der Waals surface area contributed by atoms with Crippen LogP contribution in [0, 0.1) is 5.82 Å². The summed E-state index contributed by atoms with van der Waals surface area (Å²) in [4.78, 5) is 1.84. The van der Waals surface area contributed by atoms with Crippen LogP contribution < -0.4 is 10.6 Å². The van der Waals surface area contributed by atoms with E-state index in [4.69, 9.17) is 5.73 Å². The fourth-order valence-corrected chi connectivity index (χ4v) is 1.26. The molecule has 0 bridgehead atoms. The van der Waals surface area contributed by atoms with E-state index in [2.05, 4.69) is 0 Å². The van der Waals surface area contributed by atoms with Gasteiger partial charge in [0, 0.05) is 7.05 Å². The van der Waals surface area contributed by atoms with Crippen LogP contribution in [0.5, 0.6) is 0 Å². The fourth-order valence-electron chi connectivity index (χ4n) is 1.26. The molecule has 1 rings (SSSR count). The molecule has 0 atom stereocenters. The number of nitrogen functional groups attached to an aromatic ring is 1. The molecule has 3 N–H and O–H groups in total. The first-order chi connectivity index (χ1) is 6.88. The average molecular weight is 212 g/mol. The Morgan fingerprint density at radius 1 is 1.47 bits per heavy atom. The number of anilines is 2. The van der Waals surface area contributed by atoms with Crippen molar-refractivity contribution in [1.82, 2.24) is 0 Å². The van der Waals surface area contributed by atoms with Crippen molar-refractivity contribution in [3.8, 4) is 0 Å². The minimum atomic E-state index is -0.425. The summed E-state index contributed by atoms with van der Waals surface area (Å²) >= 11 is 0. The molecule has 0 aliphatic carbocycles. The summed E-state index contributed by atoms with van der Waals surface area (Å²) in [5.41, 5.74) is 6.38. The Labute approximate surface area is 89.3 Å². The highest BCUT2D eigenvalue weighted by Crippen LogP contribution is 2.28. The zero-order chi connectivity index (χ0) is 11.6. The number of hydrogen-bond acceptors (Lipinski definition) is 3. The lowest BCUT2D eigenvalue weighted by molar-refractivity contribution is 0.216. The molecule has 0 amide bonds. The maximum Gasteiger partial charge on any atom is 0.125 e. The van der Waals surface area contributed by atoms with Crippen LogP contribution >= 0.6 is 0 Å². The molecule has 0 unspecified atom stereocenters. The summed E-state index contributed by atoms with van der Waals surface area (Å²) < 4.78 is 12.8. The molecule has 0 aliphatic heterocycles. The van der Waals surface area contributed by atoms with Gasteiger partial charge >= 0.3 is 0 Å². The summed E-state index contributed by atoms with van der Waals surface area (Å²) in [5, 5.41) is 9.21. The predicted molar refractivity (Wildman–Crippen MR) is 60.4 cm³/mol. The molecule has 84 valence electrons. The van der Waals surface area contributed by atoms with Gasteiger partial charge in [-0.05, 0) is 32.0 Å². The van der Waals surface area contributed by atoms with Crippen molar-refractivity contribution in [3.05, 3.63) is 24.0 Å². The van der Waals surface area contributed by atoms with Crippen molar-refractivity contribution in [3.63, 3.8) is 0 Å². The fraction of sp³-hybridized carbons (Fsp3) is 0.455. The van der Waals surface area contributed by atoms with E-state index >= 15 is 0 Å². The molecule has 0 fully saturated rings. The van der Waals surface area contributed by atoms with Gasteiger partial charge in [-0.2, -0.15) is 0 Å². The SMILES string of the molecule is CN(c1ccc(F)cc1N)C(C)(C)CO. The summed E-state index contributed by atoms with van der Waals surface area (Å²) in [6.45, 7) is 3.77. The molecule has 15 heavy (non-hydrogen) atoms. The first kappa shape index (κ1) is 11.8. The molecular formula is C11H17FN2O. The highest BCUT2D eigenvalue weighted by Gasteiger charge is 2.24. The monoisotopic (exact) mass is 212 g/mol. The molecule has 0 heterocycles. The van der Waals surface area contributed by atoms with Crippen molar-refractivity contribution in [1.29, 1.82) is 0 Å². The van der Waals surface area contributed by atoms with Gasteiger partial charge in [0.1, 0.15) is 5.82 Å². The van der Waals surface area contributed by atoms with Gasteiger partial charge in [-0.1, -0.05) is 0 Å². The number of nitrogens with zero attached hydrogens (tertiary/aromatic N) is 1. The molecule has 1 aromatic rings. The second-order valence-corrected chi connectivity index (χ2v) is 4.23. The number of aliphatic hydroxyl groups excluding tert-OH is 1. The van der Waals surface area contributed by atoms with E-state index in [-0.39, 0.29) is 12.4 Å². The van der Waals surface area contributed by atoms with E-state index in [1.54, 1.807) is 6.07 Å². The second kappa shape index (κ2) is 4.06. The quantitative estimate of drug-likeness (QED) is 0.748. The Bertz CT molecular complexity index is 352. The lowest BCUT2D eigenvalue weighted by Crippen LogP contribution is -2.44. The van der Waals surface area contributed by atoms with Crippen LogP contribution in [0.4, 0.5) is 15.8 Å². The lowest BCUT2D eigenvalue weighted by atomic mass is 10.0. The topological polar surface area (TPSA) is 49.5 Å². The molecule has 0 radical (unpaired) electrons. The van der Waals surface area contributed by atoms with Crippen LogP contribution in [0.25, 0.3) is 0 Å². The van der Waals surface area contributed by atoms with E-state index in [1.807, 2.05) is 25.8 Å². The van der Waals surface area contributed by atoms with Crippen LogP contribution in [-0.4, -0.2) is 24.3 Å². The number of halogens is 1. The van der Waals surface area contributed by atoms with Crippen LogP contribution in [0.2, 0.25) is 0 Å². The largest absolute Gasteiger partial charge is 0.397 e. The normalized spacial score (nSPS) is 11.5. The van der Waals surface area contributed by atoms with Gasteiger partial charge in [-0.25, -0.2) is 4.39 Å². The van der Waals surface area contributed by atoms with E-state index in [1.165, 1.54) is 12.1 Å². The third kappa shape index (κ3) is 2.39. The number of nitrogens with two attached hydrogens (primary N) is 1. The first-order valence-electron chi connectivity index (χ1n) is 4.78. The summed E-state index contributed by atoms with van der Waals surface area (Å²) in [6, 6.07) is 4.25. The molecule has 0 aliphatic rings. The zero-order valence-corrected chi connectivity index (χ0v) is 9.29. The van der Waals surface area contributed by atoms with Crippen LogP contribution in [0.15, 0.2) is 18.2 Å². The number of likely N-dealkylation sites (N-methyl/N-ethyl adjacent to an activating group) is 1. The second-order valence-electron chi connectivity index (χ2n) is 4.23. The van der Waals surface area contributed by atoms with Gasteiger partial charge in [0.05, 0.1) is 23.5 Å². The predicted octanol–water partition coefficient (Wildman–Crippen LogP) is 1.61. The third-order valence-corrected chi connectivity index (χ3v) is 2.65. The number of hydrogen-bond donors (Lipinski definition) is 2. The minimum absolute atomic E-state index is 0.000314. The van der Waals surface area contributed by atoms with E-state index < -0.39 is 5.54 Å². The van der Waals surface area contributed by atoms with Crippen LogP contribution in [0.1, 0.15) is 13.8 Å². The summed E-state index contributed by atoms with van der Waals surface area (Å²) in [6.07, 6.45) is 0. The number of aliphatic hydroxyl groups is 1. The van der Waals surface area contributed by atoms with Gasteiger partial charge in [-0.3, -0.25) is 0 Å².